The van der Waals surface area contributed by atoms with Crippen LogP contribution in [0.3, 0.4) is 0 Å². The number of nitrogens with zero attached hydrogens (tertiary/aromatic N) is 1. The fourth-order valence-electron chi connectivity index (χ4n) is 2.53. The second-order valence-corrected chi connectivity index (χ2v) is 6.60. The molecule has 20 heavy (non-hydrogen) atoms. The second-order valence-electron chi connectivity index (χ2n) is 4.67. The van der Waals surface area contributed by atoms with Crippen LogP contribution in [0.2, 0.25) is 0 Å². The molecule has 2 aromatic rings. The van der Waals surface area contributed by atoms with Gasteiger partial charge in [0.2, 0.25) is 0 Å². The van der Waals surface area contributed by atoms with E-state index in [0.29, 0.717) is 6.04 Å². The first-order chi connectivity index (χ1) is 8.86. The van der Waals surface area contributed by atoms with Crippen LogP contribution in [0.5, 0.6) is 0 Å². The third-order valence-electron chi connectivity index (χ3n) is 3.48. The van der Waals surface area contributed by atoms with Crippen molar-refractivity contribution in [3.05, 3.63) is 44.3 Å². The first-order valence-electron chi connectivity index (χ1n) is 6.38. The molecule has 2 aromatic heterocycles. The summed E-state index contributed by atoms with van der Waals surface area (Å²) in [5.74, 6) is 0. The van der Waals surface area contributed by atoms with Gasteiger partial charge >= 0.3 is 0 Å². The molecule has 6 heteroatoms. The maximum absolute atomic E-state index is 3.44. The molecule has 3 heterocycles. The standard InChI is InChI=1S/C14H18N2S2.2ClH/c1-11-4-10-18-14(11)13(12-3-2-9-17-12)16-7-5-15-6-8-16;;/h2-4,9-10,13,15H,5-8H2,1H3;2*1H/t13-;;/m0../s1. The zero-order valence-corrected chi connectivity index (χ0v) is 14.6. The molecule has 1 atom stereocenters. The Bertz CT molecular complexity index is 493. The summed E-state index contributed by atoms with van der Waals surface area (Å²) in [6, 6.07) is 7.14. The first kappa shape index (κ1) is 18.0. The molecule has 2 nitrogen and oxygen atoms in total. The lowest BCUT2D eigenvalue weighted by atomic mass is 10.1. The number of hydrogen-bond acceptors (Lipinski definition) is 4. The number of nitrogens with one attached hydrogen (secondary N) is 1. The summed E-state index contributed by atoms with van der Waals surface area (Å²) in [7, 11) is 0. The van der Waals surface area contributed by atoms with E-state index >= 15 is 0 Å². The molecule has 0 radical (unpaired) electrons. The van der Waals surface area contributed by atoms with Gasteiger partial charge in [-0.2, -0.15) is 0 Å². The van der Waals surface area contributed by atoms with Crippen molar-refractivity contribution in [1.29, 1.82) is 0 Å². The zero-order chi connectivity index (χ0) is 12.4. The predicted octanol–water partition coefficient (Wildman–Crippen LogP) is 3.96. The summed E-state index contributed by atoms with van der Waals surface area (Å²) in [6.07, 6.45) is 0. The number of rotatable bonds is 3. The molecule has 112 valence electrons. The molecule has 0 aliphatic carbocycles. The van der Waals surface area contributed by atoms with Crippen molar-refractivity contribution in [2.75, 3.05) is 26.2 Å². The fraction of sp³-hybridized carbons (Fsp3) is 0.429. The summed E-state index contributed by atoms with van der Waals surface area (Å²) in [4.78, 5) is 5.60. The van der Waals surface area contributed by atoms with Crippen molar-refractivity contribution in [2.45, 2.75) is 13.0 Å². The Labute approximate surface area is 141 Å². The van der Waals surface area contributed by atoms with Crippen molar-refractivity contribution >= 4 is 47.5 Å². The summed E-state index contributed by atoms with van der Waals surface area (Å²) in [5.41, 5.74) is 1.43. The van der Waals surface area contributed by atoms with E-state index in [1.807, 2.05) is 22.7 Å². The van der Waals surface area contributed by atoms with Gasteiger partial charge in [-0.05, 0) is 35.4 Å². The minimum Gasteiger partial charge on any atom is -0.314 e. The van der Waals surface area contributed by atoms with Crippen LogP contribution >= 0.6 is 47.5 Å². The molecule has 1 aliphatic rings. The van der Waals surface area contributed by atoms with Gasteiger partial charge in [0.25, 0.3) is 0 Å². The van der Waals surface area contributed by atoms with Gasteiger partial charge in [-0.3, -0.25) is 4.90 Å². The van der Waals surface area contributed by atoms with Crippen LogP contribution in [-0.4, -0.2) is 31.1 Å². The third kappa shape index (κ3) is 3.75. The van der Waals surface area contributed by atoms with E-state index in [9.17, 15) is 0 Å². The highest BCUT2D eigenvalue weighted by Crippen LogP contribution is 2.36. The van der Waals surface area contributed by atoms with Crippen LogP contribution in [0.25, 0.3) is 0 Å². The third-order valence-corrected chi connectivity index (χ3v) is 5.48. The Kier molecular flexibility index (Phi) is 7.51. The molecule has 0 unspecified atom stereocenters. The zero-order valence-electron chi connectivity index (χ0n) is 11.4. The quantitative estimate of drug-likeness (QED) is 0.901. The van der Waals surface area contributed by atoms with E-state index in [1.54, 1.807) is 0 Å². The number of thiophene rings is 2. The van der Waals surface area contributed by atoms with Crippen LogP contribution in [0.4, 0.5) is 0 Å². The monoisotopic (exact) mass is 350 g/mol. The van der Waals surface area contributed by atoms with Crippen molar-refractivity contribution in [1.82, 2.24) is 10.2 Å². The number of aryl methyl sites for hydroxylation is 1. The van der Waals surface area contributed by atoms with Gasteiger partial charge in [-0.1, -0.05) is 6.07 Å². The summed E-state index contributed by atoms with van der Waals surface area (Å²) in [6.45, 7) is 6.72. The Morgan fingerprint density at radius 3 is 2.40 bits per heavy atom. The molecule has 0 aromatic carbocycles. The number of halogens is 2. The molecule has 1 saturated heterocycles. The Morgan fingerprint density at radius 2 is 1.85 bits per heavy atom. The lowest BCUT2D eigenvalue weighted by Gasteiger charge is -2.34. The van der Waals surface area contributed by atoms with Gasteiger partial charge < -0.3 is 5.32 Å². The van der Waals surface area contributed by atoms with Crippen molar-refractivity contribution in [2.24, 2.45) is 0 Å². The van der Waals surface area contributed by atoms with Crippen LogP contribution in [0.15, 0.2) is 29.0 Å². The van der Waals surface area contributed by atoms with Gasteiger partial charge in [-0.25, -0.2) is 0 Å². The molecule has 0 amide bonds. The van der Waals surface area contributed by atoms with Crippen LogP contribution in [0.1, 0.15) is 21.4 Å². The number of hydrogen-bond donors (Lipinski definition) is 1. The van der Waals surface area contributed by atoms with E-state index in [0.717, 1.165) is 26.2 Å². The summed E-state index contributed by atoms with van der Waals surface area (Å²) >= 11 is 3.77. The Balaban J connectivity index is 0.000001000. The van der Waals surface area contributed by atoms with E-state index in [4.69, 9.17) is 0 Å². The first-order valence-corrected chi connectivity index (χ1v) is 8.14. The molecular weight excluding hydrogens is 331 g/mol. The van der Waals surface area contributed by atoms with Crippen molar-refractivity contribution < 1.29 is 0 Å². The normalized spacial score (nSPS) is 17.1. The lowest BCUT2D eigenvalue weighted by molar-refractivity contribution is 0.202. The van der Waals surface area contributed by atoms with Crippen LogP contribution < -0.4 is 5.32 Å². The Morgan fingerprint density at radius 1 is 1.10 bits per heavy atom. The molecule has 1 N–H and O–H groups in total. The van der Waals surface area contributed by atoms with E-state index in [-0.39, 0.29) is 24.8 Å². The molecule has 0 bridgehead atoms. The summed E-state index contributed by atoms with van der Waals surface area (Å²) < 4.78 is 0. The molecule has 1 aliphatic heterocycles. The lowest BCUT2D eigenvalue weighted by Crippen LogP contribution is -2.45. The maximum Gasteiger partial charge on any atom is 0.0793 e. The topological polar surface area (TPSA) is 15.3 Å². The summed E-state index contributed by atoms with van der Waals surface area (Å²) in [5, 5.41) is 7.84. The smallest absolute Gasteiger partial charge is 0.0793 e. The number of piperazine rings is 1. The minimum absolute atomic E-state index is 0. The average Bonchev–Trinajstić information content (AvgIpc) is 3.05. The fourth-order valence-corrected chi connectivity index (χ4v) is 4.55. The molecule has 3 rings (SSSR count). The van der Waals surface area contributed by atoms with Gasteiger partial charge in [0.1, 0.15) is 0 Å². The predicted molar refractivity (Wildman–Crippen MR) is 94.2 cm³/mol. The SMILES string of the molecule is Cc1ccsc1[C@H](c1cccs1)N1CCNCC1.Cl.Cl. The van der Waals surface area contributed by atoms with Crippen LogP contribution in [-0.2, 0) is 0 Å². The van der Waals surface area contributed by atoms with Crippen LogP contribution in [0, 0.1) is 6.92 Å². The molecule has 0 saturated carbocycles. The van der Waals surface area contributed by atoms with Gasteiger partial charge in [0.05, 0.1) is 6.04 Å². The van der Waals surface area contributed by atoms with E-state index in [2.05, 4.69) is 46.1 Å². The maximum atomic E-state index is 3.44. The van der Waals surface area contributed by atoms with Gasteiger partial charge in [0, 0.05) is 35.9 Å². The second kappa shape index (κ2) is 8.37. The molecular formula is C14H20Cl2N2S2. The highest BCUT2D eigenvalue weighted by atomic mass is 35.5. The molecule has 1 fully saturated rings. The van der Waals surface area contributed by atoms with Crippen molar-refractivity contribution in [3.8, 4) is 0 Å². The van der Waals surface area contributed by atoms with Crippen molar-refractivity contribution in [3.63, 3.8) is 0 Å². The highest BCUT2D eigenvalue weighted by molar-refractivity contribution is 7.11. The Hall–Kier alpha value is -0.100. The largest absolute Gasteiger partial charge is 0.314 e. The average molecular weight is 351 g/mol. The van der Waals surface area contributed by atoms with Gasteiger partial charge in [-0.15, -0.1) is 47.5 Å². The van der Waals surface area contributed by atoms with E-state index < -0.39 is 0 Å². The van der Waals surface area contributed by atoms with Gasteiger partial charge in [0.15, 0.2) is 0 Å². The minimum atomic E-state index is 0. The molecule has 0 spiro atoms. The highest BCUT2D eigenvalue weighted by Gasteiger charge is 2.26. The van der Waals surface area contributed by atoms with E-state index in [1.165, 1.54) is 15.3 Å².